The molecule has 0 fully saturated rings. The van der Waals surface area contributed by atoms with Gasteiger partial charge in [-0.1, -0.05) is 93.3 Å². The van der Waals surface area contributed by atoms with Crippen molar-refractivity contribution in [3.63, 3.8) is 0 Å². The molecular formula is C42H54F2N4O2. The number of halogens is 2. The van der Waals surface area contributed by atoms with Gasteiger partial charge in [-0.2, -0.15) is 0 Å². The van der Waals surface area contributed by atoms with Crippen LogP contribution in [0.15, 0.2) is 97.2 Å². The van der Waals surface area contributed by atoms with Crippen LogP contribution in [0.5, 0.6) is 0 Å². The molecule has 2 atom stereocenters. The van der Waals surface area contributed by atoms with E-state index in [0.29, 0.717) is 24.2 Å². The first kappa shape index (κ1) is 39.9. The Morgan fingerprint density at radius 2 is 1.54 bits per heavy atom. The molecule has 6 nitrogen and oxygen atoms in total. The SMILES string of the molecule is C=C(NCCc1ccccc1)C(Cc1ccc(F)c(F)c1)N(C)C(=O)[C@@H](Cc1ccc(/C=C\C)c(C)c1)N(C)C(=O)/C=C/CC(N)(CC)CC. The standard InChI is InChI=1S/C42H54F2N4O2/c1-8-15-35-21-19-33(26-30(35)4)29-39(47(6)40(49)18-14-24-42(45,9-2)10-3)41(50)48(7)38(28-34-20-22-36(43)37(44)27-34)31(5)46-25-23-32-16-12-11-13-17-32/h8,11-22,26-27,38-39,46H,5,9-10,23-25,28-29,45H2,1-4,6-7H3/b15-8-,18-14+/t38?,39-/m1/s1. The second kappa shape index (κ2) is 19.0. The van der Waals surface area contributed by atoms with Gasteiger partial charge in [-0.3, -0.25) is 9.59 Å². The van der Waals surface area contributed by atoms with Gasteiger partial charge in [0.15, 0.2) is 11.6 Å². The Morgan fingerprint density at radius 3 is 2.16 bits per heavy atom. The molecule has 1 unspecified atom stereocenters. The zero-order chi connectivity index (χ0) is 36.8. The summed E-state index contributed by atoms with van der Waals surface area (Å²) in [5, 5.41) is 3.37. The van der Waals surface area contributed by atoms with Crippen molar-refractivity contribution in [2.45, 2.75) is 83.8 Å². The summed E-state index contributed by atoms with van der Waals surface area (Å²) in [5.74, 6) is -2.52. The molecule has 0 spiro atoms. The lowest BCUT2D eigenvalue weighted by molar-refractivity contribution is -0.142. The Balaban J connectivity index is 1.96. The molecule has 0 aliphatic heterocycles. The topological polar surface area (TPSA) is 78.7 Å². The summed E-state index contributed by atoms with van der Waals surface area (Å²) in [4.78, 5) is 31.3. The third kappa shape index (κ3) is 11.2. The number of benzene rings is 3. The van der Waals surface area contributed by atoms with Crippen LogP contribution in [0.4, 0.5) is 8.78 Å². The summed E-state index contributed by atoms with van der Waals surface area (Å²) < 4.78 is 28.2. The second-order valence-corrected chi connectivity index (χ2v) is 13.1. The minimum atomic E-state index is -0.961. The van der Waals surface area contributed by atoms with Crippen LogP contribution in [-0.4, -0.2) is 59.9 Å². The van der Waals surface area contributed by atoms with E-state index in [4.69, 9.17) is 5.73 Å². The Hall–Kier alpha value is -4.56. The number of carbonyl (C=O) groups is 2. The number of nitrogens with two attached hydrogens (primary N) is 1. The van der Waals surface area contributed by atoms with Crippen molar-refractivity contribution in [1.29, 1.82) is 0 Å². The highest BCUT2D eigenvalue weighted by Gasteiger charge is 2.33. The average Bonchev–Trinajstić information content (AvgIpc) is 3.11. The van der Waals surface area contributed by atoms with E-state index < -0.39 is 29.3 Å². The lowest BCUT2D eigenvalue weighted by Gasteiger charge is -2.36. The molecule has 0 aromatic heterocycles. The highest BCUT2D eigenvalue weighted by atomic mass is 19.2. The summed E-state index contributed by atoms with van der Waals surface area (Å²) >= 11 is 0. The van der Waals surface area contributed by atoms with Crippen molar-refractivity contribution >= 4 is 17.9 Å². The number of carbonyl (C=O) groups excluding carboxylic acids is 2. The lowest BCUT2D eigenvalue weighted by atomic mass is 9.90. The minimum Gasteiger partial charge on any atom is -0.387 e. The number of hydrogen-bond donors (Lipinski definition) is 2. The zero-order valence-electron chi connectivity index (χ0n) is 30.5. The molecule has 50 heavy (non-hydrogen) atoms. The van der Waals surface area contributed by atoms with Crippen LogP contribution >= 0.6 is 0 Å². The molecule has 0 heterocycles. The Bertz CT molecular complexity index is 1650. The van der Waals surface area contributed by atoms with E-state index >= 15 is 0 Å². The number of nitrogens with zero attached hydrogens (tertiary/aromatic N) is 2. The summed E-state index contributed by atoms with van der Waals surface area (Å²) in [6.45, 7) is 12.9. The minimum absolute atomic E-state index is 0.185. The van der Waals surface area contributed by atoms with E-state index in [2.05, 4.69) is 11.9 Å². The van der Waals surface area contributed by atoms with Gasteiger partial charge in [0.25, 0.3) is 0 Å². The van der Waals surface area contributed by atoms with Gasteiger partial charge in [0.2, 0.25) is 11.8 Å². The number of amides is 2. The van der Waals surface area contributed by atoms with E-state index in [1.807, 2.05) is 88.4 Å². The Morgan fingerprint density at radius 1 is 0.900 bits per heavy atom. The third-order valence-corrected chi connectivity index (χ3v) is 9.64. The molecule has 3 aromatic carbocycles. The third-order valence-electron chi connectivity index (χ3n) is 9.64. The maximum Gasteiger partial charge on any atom is 0.246 e. The van der Waals surface area contributed by atoms with E-state index in [1.165, 1.54) is 17.0 Å². The van der Waals surface area contributed by atoms with Gasteiger partial charge in [-0.25, -0.2) is 8.78 Å². The molecule has 0 bridgehead atoms. The first-order valence-electron chi connectivity index (χ1n) is 17.4. The summed E-state index contributed by atoms with van der Waals surface area (Å²) in [7, 11) is 3.31. The molecule has 3 aromatic rings. The van der Waals surface area contributed by atoms with Crippen molar-refractivity contribution in [1.82, 2.24) is 15.1 Å². The van der Waals surface area contributed by atoms with Crippen LogP contribution in [0.1, 0.15) is 67.9 Å². The second-order valence-electron chi connectivity index (χ2n) is 13.1. The number of likely N-dealkylation sites (N-methyl/N-ethyl adjacent to an activating group) is 2. The van der Waals surface area contributed by atoms with Crippen LogP contribution in [0.25, 0.3) is 6.08 Å². The van der Waals surface area contributed by atoms with Crippen LogP contribution in [0.2, 0.25) is 0 Å². The number of hydrogen-bond acceptors (Lipinski definition) is 4. The molecular weight excluding hydrogens is 630 g/mol. The maximum absolute atomic E-state index is 14.6. The summed E-state index contributed by atoms with van der Waals surface area (Å²) in [6, 6.07) is 18.3. The van der Waals surface area contributed by atoms with E-state index in [9.17, 15) is 18.4 Å². The van der Waals surface area contributed by atoms with Crippen LogP contribution in [0.3, 0.4) is 0 Å². The highest BCUT2D eigenvalue weighted by molar-refractivity contribution is 5.93. The lowest BCUT2D eigenvalue weighted by Crippen LogP contribution is -2.53. The summed E-state index contributed by atoms with van der Waals surface area (Å²) in [6.07, 6.45) is 10.6. The molecule has 8 heteroatoms. The number of rotatable bonds is 18. The fourth-order valence-corrected chi connectivity index (χ4v) is 5.95. The smallest absolute Gasteiger partial charge is 0.246 e. The van der Waals surface area contributed by atoms with E-state index in [0.717, 1.165) is 53.6 Å². The quantitative estimate of drug-likeness (QED) is 0.136. The van der Waals surface area contributed by atoms with Gasteiger partial charge < -0.3 is 20.9 Å². The predicted octanol–water partition coefficient (Wildman–Crippen LogP) is 7.56. The number of aryl methyl sites for hydroxylation is 1. The zero-order valence-corrected chi connectivity index (χ0v) is 30.5. The van der Waals surface area contributed by atoms with Crippen LogP contribution < -0.4 is 11.1 Å². The summed E-state index contributed by atoms with van der Waals surface area (Å²) in [5.41, 5.74) is 11.3. The molecule has 2 amide bonds. The Kier molecular flexibility index (Phi) is 15.2. The molecule has 3 rings (SSSR count). The van der Waals surface area contributed by atoms with Gasteiger partial charge >= 0.3 is 0 Å². The van der Waals surface area contributed by atoms with Gasteiger partial charge in [-0.05, 0) is 92.0 Å². The largest absolute Gasteiger partial charge is 0.387 e. The first-order chi connectivity index (χ1) is 23.8. The van der Waals surface area contributed by atoms with Crippen molar-refractivity contribution in [3.8, 4) is 0 Å². The molecule has 0 aliphatic rings. The molecule has 0 saturated carbocycles. The highest BCUT2D eigenvalue weighted by Crippen LogP contribution is 2.22. The molecule has 268 valence electrons. The van der Waals surface area contributed by atoms with Crippen molar-refractivity contribution in [3.05, 3.63) is 137 Å². The predicted molar refractivity (Wildman–Crippen MR) is 201 cm³/mol. The van der Waals surface area contributed by atoms with Gasteiger partial charge in [0, 0.05) is 38.3 Å². The van der Waals surface area contributed by atoms with Crippen molar-refractivity contribution in [2.75, 3.05) is 20.6 Å². The van der Waals surface area contributed by atoms with Gasteiger partial charge in [0.1, 0.15) is 6.04 Å². The molecule has 0 aliphatic carbocycles. The van der Waals surface area contributed by atoms with Crippen LogP contribution in [0, 0.1) is 18.6 Å². The fourth-order valence-electron chi connectivity index (χ4n) is 5.95. The molecule has 0 radical (unpaired) electrons. The van der Waals surface area contributed by atoms with Crippen LogP contribution in [-0.2, 0) is 28.9 Å². The van der Waals surface area contributed by atoms with Gasteiger partial charge in [0.05, 0.1) is 6.04 Å². The first-order valence-corrected chi connectivity index (χ1v) is 17.4. The van der Waals surface area contributed by atoms with E-state index in [1.54, 1.807) is 25.1 Å². The number of nitrogens with one attached hydrogen (secondary N) is 1. The fraction of sp³-hybridized carbons (Fsp3) is 0.381. The van der Waals surface area contributed by atoms with E-state index in [-0.39, 0.29) is 24.7 Å². The Labute approximate surface area is 297 Å². The normalized spacial score (nSPS) is 13.0. The maximum atomic E-state index is 14.6. The molecule has 3 N–H and O–H groups in total. The average molecular weight is 685 g/mol. The van der Waals surface area contributed by atoms with Gasteiger partial charge in [-0.15, -0.1) is 0 Å². The van der Waals surface area contributed by atoms with Crippen molar-refractivity contribution in [2.24, 2.45) is 5.73 Å². The number of allylic oxidation sites excluding steroid dienone is 1. The monoisotopic (exact) mass is 684 g/mol. The molecule has 0 saturated heterocycles. The van der Waals surface area contributed by atoms with Crippen molar-refractivity contribution < 1.29 is 18.4 Å².